The highest BCUT2D eigenvalue weighted by molar-refractivity contribution is 5.90. The third-order valence-electron chi connectivity index (χ3n) is 3.25. The van der Waals surface area contributed by atoms with Crippen LogP contribution >= 0.6 is 0 Å². The predicted octanol–water partition coefficient (Wildman–Crippen LogP) is 3.96. The van der Waals surface area contributed by atoms with Crippen LogP contribution in [0.15, 0.2) is 23.8 Å². The van der Waals surface area contributed by atoms with Crippen LogP contribution in [0.25, 0.3) is 5.57 Å². The van der Waals surface area contributed by atoms with Crippen LogP contribution in [-0.2, 0) is 4.74 Å². The fourth-order valence-corrected chi connectivity index (χ4v) is 2.38. The third-order valence-corrected chi connectivity index (χ3v) is 3.25. The number of ether oxygens (including phenoxy) is 1. The zero-order valence-electron chi connectivity index (χ0n) is 10.8. The Balaban J connectivity index is 2.38. The van der Waals surface area contributed by atoms with Gasteiger partial charge >= 0.3 is 5.97 Å². The van der Waals surface area contributed by atoms with Crippen LogP contribution in [0.2, 0.25) is 0 Å². The molecule has 1 aliphatic carbocycles. The number of benzene rings is 1. The lowest BCUT2D eigenvalue weighted by Crippen LogP contribution is -2.05. The van der Waals surface area contributed by atoms with E-state index in [1.54, 1.807) is 13.0 Å². The maximum Gasteiger partial charge on any atom is 0.338 e. The van der Waals surface area contributed by atoms with Gasteiger partial charge in [0.15, 0.2) is 0 Å². The summed E-state index contributed by atoms with van der Waals surface area (Å²) in [7, 11) is 0. The van der Waals surface area contributed by atoms with Crippen LogP contribution in [0.5, 0.6) is 0 Å². The van der Waals surface area contributed by atoms with E-state index in [4.69, 9.17) is 4.74 Å². The molecule has 0 aliphatic heterocycles. The van der Waals surface area contributed by atoms with Crippen molar-refractivity contribution in [2.24, 2.45) is 0 Å². The highest BCUT2D eigenvalue weighted by Crippen LogP contribution is 2.34. The summed E-state index contributed by atoms with van der Waals surface area (Å²) < 4.78 is 18.5. The summed E-state index contributed by atoms with van der Waals surface area (Å²) in [6.07, 6.45) is 3.12. The molecule has 0 saturated heterocycles. The van der Waals surface area contributed by atoms with Crippen LogP contribution in [0.3, 0.4) is 0 Å². The van der Waals surface area contributed by atoms with Crippen LogP contribution < -0.4 is 0 Å². The van der Waals surface area contributed by atoms with Gasteiger partial charge in [-0.25, -0.2) is 9.18 Å². The van der Waals surface area contributed by atoms with E-state index in [1.165, 1.54) is 23.3 Å². The highest BCUT2D eigenvalue weighted by atomic mass is 19.1. The maximum atomic E-state index is 13.6. The summed E-state index contributed by atoms with van der Waals surface area (Å²) >= 11 is 0. The summed E-state index contributed by atoms with van der Waals surface area (Å²) in [5.74, 6) is -0.850. The standard InChI is InChI=1S/C15H17FO2/c1-3-18-15(17)12-7-11(8-13(16)9-12)14-6-4-5-10(14)2/h7-9H,3-6H2,1-2H3. The second kappa shape index (κ2) is 5.34. The average molecular weight is 248 g/mol. The van der Waals surface area contributed by atoms with Gasteiger partial charge in [-0.05, 0) is 62.4 Å². The molecule has 0 saturated carbocycles. The molecular formula is C15H17FO2. The first-order valence-electron chi connectivity index (χ1n) is 6.28. The van der Waals surface area contributed by atoms with Crippen molar-refractivity contribution in [1.82, 2.24) is 0 Å². The fourth-order valence-electron chi connectivity index (χ4n) is 2.38. The summed E-state index contributed by atoms with van der Waals surface area (Å²) in [6.45, 7) is 4.10. The quantitative estimate of drug-likeness (QED) is 0.757. The number of hydrogen-bond donors (Lipinski definition) is 0. The van der Waals surface area contributed by atoms with Crippen molar-refractivity contribution >= 4 is 11.5 Å². The van der Waals surface area contributed by atoms with Crippen molar-refractivity contribution in [3.63, 3.8) is 0 Å². The molecule has 0 N–H and O–H groups in total. The second-order valence-corrected chi connectivity index (χ2v) is 4.56. The highest BCUT2D eigenvalue weighted by Gasteiger charge is 2.16. The van der Waals surface area contributed by atoms with E-state index in [0.717, 1.165) is 24.8 Å². The Bertz CT molecular complexity index is 503. The molecule has 2 nitrogen and oxygen atoms in total. The van der Waals surface area contributed by atoms with Crippen LogP contribution in [-0.4, -0.2) is 12.6 Å². The number of esters is 1. The molecule has 0 bridgehead atoms. The van der Waals surface area contributed by atoms with Gasteiger partial charge in [-0.2, -0.15) is 0 Å². The van der Waals surface area contributed by atoms with Crippen molar-refractivity contribution in [3.8, 4) is 0 Å². The Labute approximate surface area is 106 Å². The fraction of sp³-hybridized carbons (Fsp3) is 0.400. The minimum Gasteiger partial charge on any atom is -0.462 e. The Morgan fingerprint density at radius 1 is 1.33 bits per heavy atom. The number of allylic oxidation sites excluding steroid dienone is 2. The molecule has 0 aromatic heterocycles. The molecule has 18 heavy (non-hydrogen) atoms. The Hall–Kier alpha value is -1.64. The molecule has 0 fully saturated rings. The number of hydrogen-bond acceptors (Lipinski definition) is 2. The first-order valence-corrected chi connectivity index (χ1v) is 6.28. The van der Waals surface area contributed by atoms with Crippen LogP contribution in [0.4, 0.5) is 4.39 Å². The van der Waals surface area contributed by atoms with Crippen molar-refractivity contribution in [2.45, 2.75) is 33.1 Å². The Morgan fingerprint density at radius 2 is 2.11 bits per heavy atom. The zero-order chi connectivity index (χ0) is 13.1. The zero-order valence-corrected chi connectivity index (χ0v) is 10.8. The minimum atomic E-state index is -0.463. The monoisotopic (exact) mass is 248 g/mol. The molecule has 1 aliphatic rings. The number of halogens is 1. The van der Waals surface area contributed by atoms with Gasteiger partial charge in [-0.3, -0.25) is 0 Å². The van der Waals surface area contributed by atoms with Gasteiger partial charge < -0.3 is 4.74 Å². The van der Waals surface area contributed by atoms with Gasteiger partial charge in [0.05, 0.1) is 12.2 Å². The summed E-state index contributed by atoms with van der Waals surface area (Å²) in [5, 5.41) is 0. The molecule has 96 valence electrons. The predicted molar refractivity (Wildman–Crippen MR) is 68.8 cm³/mol. The Morgan fingerprint density at radius 3 is 2.72 bits per heavy atom. The van der Waals surface area contributed by atoms with Crippen molar-refractivity contribution in [2.75, 3.05) is 6.61 Å². The number of rotatable bonds is 3. The van der Waals surface area contributed by atoms with E-state index < -0.39 is 5.97 Å². The largest absolute Gasteiger partial charge is 0.462 e. The van der Waals surface area contributed by atoms with Gasteiger partial charge in [0.2, 0.25) is 0 Å². The SMILES string of the molecule is CCOC(=O)c1cc(F)cc(C2=C(C)CCC2)c1. The topological polar surface area (TPSA) is 26.3 Å². The van der Waals surface area contributed by atoms with Crippen LogP contribution in [0.1, 0.15) is 49.0 Å². The summed E-state index contributed by atoms with van der Waals surface area (Å²) in [5.41, 5.74) is 3.56. The number of carbonyl (C=O) groups is 1. The molecular weight excluding hydrogens is 231 g/mol. The lowest BCUT2D eigenvalue weighted by molar-refractivity contribution is 0.0525. The molecule has 1 aromatic carbocycles. The van der Waals surface area contributed by atoms with Gasteiger partial charge in [-0.15, -0.1) is 0 Å². The van der Waals surface area contributed by atoms with Gasteiger partial charge in [0.1, 0.15) is 5.82 Å². The molecule has 0 atom stereocenters. The third kappa shape index (κ3) is 2.61. The van der Waals surface area contributed by atoms with E-state index >= 15 is 0 Å². The lowest BCUT2D eigenvalue weighted by atomic mass is 10.00. The molecule has 0 unspecified atom stereocenters. The first kappa shape index (κ1) is 12.8. The molecule has 0 radical (unpaired) electrons. The average Bonchev–Trinajstić information content (AvgIpc) is 2.75. The van der Waals surface area contributed by atoms with E-state index in [-0.39, 0.29) is 5.82 Å². The molecule has 1 aromatic rings. The Kier molecular flexibility index (Phi) is 3.80. The molecule has 3 heteroatoms. The van der Waals surface area contributed by atoms with Gasteiger partial charge in [0.25, 0.3) is 0 Å². The van der Waals surface area contributed by atoms with Crippen molar-refractivity contribution < 1.29 is 13.9 Å². The van der Waals surface area contributed by atoms with Crippen molar-refractivity contribution in [3.05, 3.63) is 40.7 Å². The molecule has 2 rings (SSSR count). The van der Waals surface area contributed by atoms with E-state index in [0.29, 0.717) is 12.2 Å². The van der Waals surface area contributed by atoms with Gasteiger partial charge in [-0.1, -0.05) is 5.57 Å². The van der Waals surface area contributed by atoms with E-state index in [2.05, 4.69) is 6.92 Å². The number of carbonyl (C=O) groups excluding carboxylic acids is 1. The molecule has 0 amide bonds. The first-order chi connectivity index (χ1) is 8.61. The normalized spacial score (nSPS) is 15.1. The van der Waals surface area contributed by atoms with E-state index in [9.17, 15) is 9.18 Å². The summed E-state index contributed by atoms with van der Waals surface area (Å²) in [6, 6.07) is 4.45. The van der Waals surface area contributed by atoms with Crippen LogP contribution in [0, 0.1) is 5.82 Å². The molecule has 0 spiro atoms. The smallest absolute Gasteiger partial charge is 0.338 e. The second-order valence-electron chi connectivity index (χ2n) is 4.56. The van der Waals surface area contributed by atoms with Crippen molar-refractivity contribution in [1.29, 1.82) is 0 Å². The van der Waals surface area contributed by atoms with Gasteiger partial charge in [0, 0.05) is 0 Å². The van der Waals surface area contributed by atoms with E-state index in [1.807, 2.05) is 0 Å². The summed E-state index contributed by atoms with van der Waals surface area (Å²) in [4.78, 5) is 11.6. The molecule has 0 heterocycles. The maximum absolute atomic E-state index is 13.6. The lowest BCUT2D eigenvalue weighted by Gasteiger charge is -2.08. The minimum absolute atomic E-state index is 0.291.